The molecule has 0 atom stereocenters. The van der Waals surface area contributed by atoms with E-state index in [1.54, 1.807) is 6.07 Å². The number of ether oxygens (including phenoxy) is 1. The molecule has 19 heavy (non-hydrogen) atoms. The minimum atomic E-state index is -0.630. The maximum atomic E-state index is 13.5. The van der Waals surface area contributed by atoms with Gasteiger partial charge in [-0.3, -0.25) is 0 Å². The van der Waals surface area contributed by atoms with E-state index in [0.29, 0.717) is 5.56 Å². The van der Waals surface area contributed by atoms with Gasteiger partial charge in [0.2, 0.25) is 0 Å². The van der Waals surface area contributed by atoms with Crippen molar-refractivity contribution in [3.05, 3.63) is 59.2 Å². The summed E-state index contributed by atoms with van der Waals surface area (Å²) in [6.45, 7) is 0.0139. The summed E-state index contributed by atoms with van der Waals surface area (Å²) >= 11 is 0. The molecule has 0 fully saturated rings. The Morgan fingerprint density at radius 3 is 2.53 bits per heavy atom. The Morgan fingerprint density at radius 1 is 1.11 bits per heavy atom. The van der Waals surface area contributed by atoms with Gasteiger partial charge in [-0.25, -0.2) is 8.78 Å². The highest BCUT2D eigenvalue weighted by molar-refractivity contribution is 5.41. The second kappa shape index (κ2) is 5.36. The summed E-state index contributed by atoms with van der Waals surface area (Å²) in [5.41, 5.74) is 6.14. The highest BCUT2D eigenvalue weighted by Crippen LogP contribution is 2.20. The van der Waals surface area contributed by atoms with E-state index in [0.717, 1.165) is 6.07 Å². The van der Waals surface area contributed by atoms with Gasteiger partial charge in [-0.2, -0.15) is 5.26 Å². The van der Waals surface area contributed by atoms with Gasteiger partial charge in [0.15, 0.2) is 11.6 Å². The highest BCUT2D eigenvalue weighted by atomic mass is 19.1. The van der Waals surface area contributed by atoms with Gasteiger partial charge < -0.3 is 10.5 Å². The molecule has 0 amide bonds. The predicted molar refractivity (Wildman–Crippen MR) is 66.3 cm³/mol. The fourth-order valence-electron chi connectivity index (χ4n) is 1.51. The third-order valence-corrected chi connectivity index (χ3v) is 2.52. The minimum Gasteiger partial charge on any atom is -0.486 e. The summed E-state index contributed by atoms with van der Waals surface area (Å²) in [5.74, 6) is -1.16. The quantitative estimate of drug-likeness (QED) is 0.863. The van der Waals surface area contributed by atoms with E-state index in [1.807, 2.05) is 6.07 Å². The van der Waals surface area contributed by atoms with Crippen molar-refractivity contribution in [2.75, 3.05) is 5.73 Å². The molecule has 2 aromatic carbocycles. The van der Waals surface area contributed by atoms with Crippen LogP contribution in [0.4, 0.5) is 14.5 Å². The van der Waals surface area contributed by atoms with Crippen LogP contribution in [0.25, 0.3) is 0 Å². The van der Waals surface area contributed by atoms with Crippen molar-refractivity contribution in [3.8, 4) is 11.8 Å². The van der Waals surface area contributed by atoms with Gasteiger partial charge in [-0.1, -0.05) is 6.07 Å². The van der Waals surface area contributed by atoms with Gasteiger partial charge in [0.05, 0.1) is 17.3 Å². The smallest absolute Gasteiger partial charge is 0.166 e. The van der Waals surface area contributed by atoms with Gasteiger partial charge >= 0.3 is 0 Å². The van der Waals surface area contributed by atoms with Crippen LogP contribution in [0.2, 0.25) is 0 Å². The lowest BCUT2D eigenvalue weighted by Crippen LogP contribution is -1.99. The molecule has 0 saturated heterocycles. The first-order chi connectivity index (χ1) is 9.10. The molecule has 96 valence electrons. The molecule has 0 radical (unpaired) electrons. The molecule has 0 heterocycles. The van der Waals surface area contributed by atoms with Crippen molar-refractivity contribution < 1.29 is 13.5 Å². The van der Waals surface area contributed by atoms with E-state index in [2.05, 4.69) is 0 Å². The molecule has 0 unspecified atom stereocenters. The summed E-state index contributed by atoms with van der Waals surface area (Å²) in [6, 6.07) is 9.96. The number of hydrogen-bond donors (Lipinski definition) is 1. The highest BCUT2D eigenvalue weighted by Gasteiger charge is 2.06. The van der Waals surface area contributed by atoms with E-state index in [-0.39, 0.29) is 23.6 Å². The van der Waals surface area contributed by atoms with Crippen LogP contribution in [0.15, 0.2) is 36.4 Å². The van der Waals surface area contributed by atoms with E-state index in [9.17, 15) is 8.78 Å². The number of anilines is 1. The average molecular weight is 260 g/mol. The van der Waals surface area contributed by atoms with E-state index in [1.165, 1.54) is 24.3 Å². The summed E-state index contributed by atoms with van der Waals surface area (Å²) in [7, 11) is 0. The minimum absolute atomic E-state index is 0.0104. The largest absolute Gasteiger partial charge is 0.486 e. The summed E-state index contributed by atoms with van der Waals surface area (Å²) in [4.78, 5) is 0. The Hall–Kier alpha value is -2.61. The molecule has 0 saturated carbocycles. The van der Waals surface area contributed by atoms with Gasteiger partial charge in [0.25, 0.3) is 0 Å². The first kappa shape index (κ1) is 12.8. The Morgan fingerprint density at radius 2 is 1.89 bits per heavy atom. The fraction of sp³-hybridized carbons (Fsp3) is 0.0714. The molecule has 0 aliphatic carbocycles. The summed E-state index contributed by atoms with van der Waals surface area (Å²) in [5, 5.41) is 8.61. The van der Waals surface area contributed by atoms with Crippen molar-refractivity contribution in [2.45, 2.75) is 6.61 Å². The molecule has 5 heteroatoms. The normalized spacial score (nSPS) is 9.95. The Balaban J connectivity index is 2.10. The number of nitrogens with two attached hydrogens (primary N) is 1. The lowest BCUT2D eigenvalue weighted by atomic mass is 10.2. The molecule has 0 aliphatic rings. The Labute approximate surface area is 108 Å². The standard InChI is InChI=1S/C14H10F2N2O/c15-11-6-10(1-3-13(11)18)8-19-14-4-2-9(7-17)5-12(14)16/h1-6H,8,18H2. The van der Waals surface area contributed by atoms with Crippen molar-refractivity contribution in [1.82, 2.24) is 0 Å². The van der Waals surface area contributed by atoms with Crippen LogP contribution in [-0.4, -0.2) is 0 Å². The lowest BCUT2D eigenvalue weighted by molar-refractivity contribution is 0.290. The average Bonchev–Trinajstić information content (AvgIpc) is 2.41. The van der Waals surface area contributed by atoms with Crippen LogP contribution in [0, 0.1) is 23.0 Å². The number of hydrogen-bond acceptors (Lipinski definition) is 3. The van der Waals surface area contributed by atoms with Crippen molar-refractivity contribution in [3.63, 3.8) is 0 Å². The van der Waals surface area contributed by atoms with Crippen molar-refractivity contribution in [1.29, 1.82) is 5.26 Å². The monoisotopic (exact) mass is 260 g/mol. The molecule has 2 N–H and O–H groups in total. The van der Waals surface area contributed by atoms with Crippen LogP contribution >= 0.6 is 0 Å². The molecule has 0 aromatic heterocycles. The Kier molecular flexibility index (Phi) is 3.62. The van der Waals surface area contributed by atoms with Crippen LogP contribution < -0.4 is 10.5 Å². The Bertz CT molecular complexity index is 650. The molecule has 3 nitrogen and oxygen atoms in total. The zero-order chi connectivity index (χ0) is 13.8. The topological polar surface area (TPSA) is 59.0 Å². The number of nitrogens with zero attached hydrogens (tertiary/aromatic N) is 1. The molecule has 2 aromatic rings. The van der Waals surface area contributed by atoms with Crippen LogP contribution in [-0.2, 0) is 6.61 Å². The molecular formula is C14H10F2N2O. The fourth-order valence-corrected chi connectivity index (χ4v) is 1.51. The number of nitriles is 1. The van der Waals surface area contributed by atoms with Gasteiger partial charge in [-0.15, -0.1) is 0 Å². The molecule has 0 spiro atoms. The van der Waals surface area contributed by atoms with Crippen molar-refractivity contribution in [2.24, 2.45) is 0 Å². The SMILES string of the molecule is N#Cc1ccc(OCc2ccc(N)c(F)c2)c(F)c1. The number of benzene rings is 2. The molecule has 0 bridgehead atoms. The third kappa shape index (κ3) is 2.99. The van der Waals surface area contributed by atoms with Gasteiger partial charge in [0, 0.05) is 0 Å². The van der Waals surface area contributed by atoms with E-state index < -0.39 is 11.6 Å². The number of nitrogen functional groups attached to an aromatic ring is 1. The maximum Gasteiger partial charge on any atom is 0.166 e. The van der Waals surface area contributed by atoms with Crippen LogP contribution in [0.3, 0.4) is 0 Å². The number of rotatable bonds is 3. The van der Waals surface area contributed by atoms with Crippen molar-refractivity contribution >= 4 is 5.69 Å². The van der Waals surface area contributed by atoms with Crippen LogP contribution in [0.1, 0.15) is 11.1 Å². The molecular weight excluding hydrogens is 250 g/mol. The first-order valence-corrected chi connectivity index (χ1v) is 5.46. The zero-order valence-electron chi connectivity index (χ0n) is 9.86. The van der Waals surface area contributed by atoms with Gasteiger partial charge in [0.1, 0.15) is 12.4 Å². The number of halogens is 2. The van der Waals surface area contributed by atoms with Crippen LogP contribution in [0.5, 0.6) is 5.75 Å². The van der Waals surface area contributed by atoms with Gasteiger partial charge in [-0.05, 0) is 35.9 Å². The second-order valence-electron chi connectivity index (χ2n) is 3.90. The first-order valence-electron chi connectivity index (χ1n) is 5.46. The lowest BCUT2D eigenvalue weighted by Gasteiger charge is -2.08. The van der Waals surface area contributed by atoms with E-state index in [4.69, 9.17) is 15.7 Å². The predicted octanol–water partition coefficient (Wildman–Crippen LogP) is 3.00. The van der Waals surface area contributed by atoms with E-state index >= 15 is 0 Å². The summed E-state index contributed by atoms with van der Waals surface area (Å²) in [6.07, 6.45) is 0. The summed E-state index contributed by atoms with van der Waals surface area (Å²) < 4.78 is 31.9. The maximum absolute atomic E-state index is 13.5. The third-order valence-electron chi connectivity index (χ3n) is 2.52. The molecule has 0 aliphatic heterocycles. The molecule has 2 rings (SSSR count). The zero-order valence-corrected chi connectivity index (χ0v) is 9.86. The second-order valence-corrected chi connectivity index (χ2v) is 3.90.